The summed E-state index contributed by atoms with van der Waals surface area (Å²) in [6.45, 7) is 6.32. The van der Waals surface area contributed by atoms with E-state index in [2.05, 4.69) is 10.6 Å². The van der Waals surface area contributed by atoms with Gasteiger partial charge in [-0.2, -0.15) is 0 Å². The van der Waals surface area contributed by atoms with Crippen LogP contribution in [0.1, 0.15) is 37.6 Å². The van der Waals surface area contributed by atoms with Crippen molar-refractivity contribution in [1.82, 2.24) is 5.32 Å². The second-order valence-electron chi connectivity index (χ2n) is 4.35. The quantitative estimate of drug-likeness (QED) is 0.759. The fraction of sp³-hybridized carbons (Fsp3) is 0.429. The van der Waals surface area contributed by atoms with E-state index in [1.54, 1.807) is 24.3 Å². The summed E-state index contributed by atoms with van der Waals surface area (Å²) in [7, 11) is 0. The van der Waals surface area contributed by atoms with Gasteiger partial charge in [0, 0.05) is 23.7 Å². The molecule has 0 aliphatic heterocycles. The topological polar surface area (TPSA) is 58.2 Å². The Bertz CT molecular complexity index is 430. The highest BCUT2D eigenvalue weighted by Crippen LogP contribution is 2.11. The Morgan fingerprint density at radius 2 is 2.06 bits per heavy atom. The van der Waals surface area contributed by atoms with Crippen molar-refractivity contribution in [3.63, 3.8) is 0 Å². The summed E-state index contributed by atoms with van der Waals surface area (Å²) in [6, 6.07) is 7.12. The molecule has 4 heteroatoms. The van der Waals surface area contributed by atoms with Gasteiger partial charge in [-0.15, -0.1) is 0 Å². The molecule has 0 heterocycles. The molecule has 98 valence electrons. The highest BCUT2D eigenvalue weighted by atomic mass is 16.1. The highest BCUT2D eigenvalue weighted by Gasteiger charge is 2.08. The number of Topliss-reactive ketones (excluding diaryl/α,β-unsaturated/α-hetero) is 1. The Morgan fingerprint density at radius 3 is 2.67 bits per heavy atom. The summed E-state index contributed by atoms with van der Waals surface area (Å²) in [4.78, 5) is 23.0. The zero-order chi connectivity index (χ0) is 13.5. The summed E-state index contributed by atoms with van der Waals surface area (Å²) in [5.41, 5.74) is 1.27. The van der Waals surface area contributed by atoms with E-state index in [1.165, 1.54) is 6.92 Å². The van der Waals surface area contributed by atoms with Gasteiger partial charge in [0.05, 0.1) is 0 Å². The summed E-state index contributed by atoms with van der Waals surface area (Å²) in [5.74, 6) is -0.0590. The number of anilines is 1. The molecule has 2 N–H and O–H groups in total. The van der Waals surface area contributed by atoms with Gasteiger partial charge in [0.1, 0.15) is 0 Å². The smallest absolute Gasteiger partial charge is 0.225 e. The number of hydrogen-bond donors (Lipinski definition) is 2. The van der Waals surface area contributed by atoms with Crippen LogP contribution in [0.3, 0.4) is 0 Å². The second-order valence-corrected chi connectivity index (χ2v) is 4.35. The summed E-state index contributed by atoms with van der Waals surface area (Å²) in [6.07, 6.45) is 0.415. The Balaban J connectivity index is 2.59. The molecule has 0 aliphatic carbocycles. The van der Waals surface area contributed by atoms with Crippen LogP contribution in [0.15, 0.2) is 24.3 Å². The van der Waals surface area contributed by atoms with Crippen molar-refractivity contribution in [2.45, 2.75) is 33.2 Å². The third kappa shape index (κ3) is 4.67. The van der Waals surface area contributed by atoms with E-state index in [-0.39, 0.29) is 17.7 Å². The predicted molar refractivity (Wildman–Crippen MR) is 72.8 cm³/mol. The molecule has 0 bridgehead atoms. The molecule has 0 aliphatic rings. The SMILES string of the molecule is CCNC(C)CC(=O)Nc1cccc(C(C)=O)c1. The predicted octanol–water partition coefficient (Wildman–Crippen LogP) is 2.22. The maximum atomic E-state index is 11.7. The first-order valence-electron chi connectivity index (χ1n) is 6.17. The molecule has 1 atom stereocenters. The second kappa shape index (κ2) is 6.91. The third-order valence-electron chi connectivity index (χ3n) is 2.60. The lowest BCUT2D eigenvalue weighted by molar-refractivity contribution is -0.116. The Morgan fingerprint density at radius 1 is 1.33 bits per heavy atom. The first kappa shape index (κ1) is 14.4. The van der Waals surface area contributed by atoms with Gasteiger partial charge in [-0.25, -0.2) is 0 Å². The van der Waals surface area contributed by atoms with Crippen molar-refractivity contribution in [3.8, 4) is 0 Å². The molecule has 1 unspecified atom stereocenters. The van der Waals surface area contributed by atoms with Crippen LogP contribution in [0.2, 0.25) is 0 Å². The number of rotatable bonds is 6. The normalized spacial score (nSPS) is 11.9. The van der Waals surface area contributed by atoms with Gasteiger partial charge in [-0.1, -0.05) is 19.1 Å². The standard InChI is InChI=1S/C14H20N2O2/c1-4-15-10(2)8-14(18)16-13-7-5-6-12(9-13)11(3)17/h5-7,9-10,15H,4,8H2,1-3H3,(H,16,18). The Hall–Kier alpha value is -1.68. The Kier molecular flexibility index (Phi) is 5.52. The molecule has 0 radical (unpaired) electrons. The molecule has 0 spiro atoms. The average Bonchev–Trinajstić information content (AvgIpc) is 2.29. The van der Waals surface area contributed by atoms with Crippen molar-refractivity contribution < 1.29 is 9.59 Å². The first-order chi connectivity index (χ1) is 8.52. The molecule has 0 saturated carbocycles. The lowest BCUT2D eigenvalue weighted by Crippen LogP contribution is -2.30. The maximum Gasteiger partial charge on any atom is 0.225 e. The first-order valence-corrected chi connectivity index (χ1v) is 6.17. The van der Waals surface area contributed by atoms with Crippen LogP contribution in [-0.2, 0) is 4.79 Å². The molecule has 1 aromatic rings. The summed E-state index contributed by atoms with van der Waals surface area (Å²) in [5, 5.41) is 5.97. The van der Waals surface area contributed by atoms with Crippen molar-refractivity contribution in [3.05, 3.63) is 29.8 Å². The molecule has 0 aromatic heterocycles. The van der Waals surface area contributed by atoms with E-state index in [4.69, 9.17) is 0 Å². The zero-order valence-electron chi connectivity index (χ0n) is 11.1. The van der Waals surface area contributed by atoms with Gasteiger partial charge in [0.2, 0.25) is 5.91 Å². The average molecular weight is 248 g/mol. The molecule has 1 amide bonds. The summed E-state index contributed by atoms with van der Waals surface area (Å²) >= 11 is 0. The van der Waals surface area contributed by atoms with Crippen LogP contribution >= 0.6 is 0 Å². The summed E-state index contributed by atoms with van der Waals surface area (Å²) < 4.78 is 0. The van der Waals surface area contributed by atoms with Crippen LogP contribution < -0.4 is 10.6 Å². The molecule has 0 saturated heterocycles. The lowest BCUT2D eigenvalue weighted by atomic mass is 10.1. The van der Waals surface area contributed by atoms with Crippen LogP contribution in [0.5, 0.6) is 0 Å². The van der Waals surface area contributed by atoms with E-state index in [0.717, 1.165) is 6.54 Å². The van der Waals surface area contributed by atoms with Gasteiger partial charge in [-0.3, -0.25) is 9.59 Å². The number of ketones is 1. The largest absolute Gasteiger partial charge is 0.326 e. The number of carbonyl (C=O) groups excluding carboxylic acids is 2. The molecule has 1 aromatic carbocycles. The molecule has 0 fully saturated rings. The van der Waals surface area contributed by atoms with Crippen LogP contribution in [-0.4, -0.2) is 24.3 Å². The highest BCUT2D eigenvalue weighted by molar-refractivity contribution is 5.97. The number of amides is 1. The van der Waals surface area contributed by atoms with E-state index in [9.17, 15) is 9.59 Å². The van der Waals surface area contributed by atoms with E-state index < -0.39 is 0 Å². The van der Waals surface area contributed by atoms with Gasteiger partial charge in [0.15, 0.2) is 5.78 Å². The van der Waals surface area contributed by atoms with Gasteiger partial charge in [0.25, 0.3) is 0 Å². The molecular weight excluding hydrogens is 228 g/mol. The lowest BCUT2D eigenvalue weighted by Gasteiger charge is -2.12. The van der Waals surface area contributed by atoms with Crippen LogP contribution in [0.4, 0.5) is 5.69 Å². The Labute approximate surface area is 108 Å². The zero-order valence-corrected chi connectivity index (χ0v) is 11.1. The van der Waals surface area contributed by atoms with Crippen molar-refractivity contribution in [1.29, 1.82) is 0 Å². The van der Waals surface area contributed by atoms with Gasteiger partial charge < -0.3 is 10.6 Å². The maximum absolute atomic E-state index is 11.7. The molecular formula is C14H20N2O2. The number of nitrogens with one attached hydrogen (secondary N) is 2. The van der Waals surface area contributed by atoms with Crippen LogP contribution in [0.25, 0.3) is 0 Å². The minimum atomic E-state index is -0.0517. The van der Waals surface area contributed by atoms with E-state index in [1.807, 2.05) is 13.8 Å². The van der Waals surface area contributed by atoms with Crippen molar-refractivity contribution >= 4 is 17.4 Å². The molecule has 18 heavy (non-hydrogen) atoms. The number of hydrogen-bond acceptors (Lipinski definition) is 3. The van der Waals surface area contributed by atoms with Crippen molar-refractivity contribution in [2.24, 2.45) is 0 Å². The van der Waals surface area contributed by atoms with Gasteiger partial charge in [-0.05, 0) is 32.5 Å². The number of benzene rings is 1. The monoisotopic (exact) mass is 248 g/mol. The minimum absolute atomic E-state index is 0.00730. The fourth-order valence-corrected chi connectivity index (χ4v) is 1.73. The van der Waals surface area contributed by atoms with Gasteiger partial charge >= 0.3 is 0 Å². The fourth-order valence-electron chi connectivity index (χ4n) is 1.73. The van der Waals surface area contributed by atoms with Crippen molar-refractivity contribution in [2.75, 3.05) is 11.9 Å². The number of carbonyl (C=O) groups is 2. The third-order valence-corrected chi connectivity index (χ3v) is 2.60. The minimum Gasteiger partial charge on any atom is -0.326 e. The van der Waals surface area contributed by atoms with E-state index >= 15 is 0 Å². The molecule has 4 nitrogen and oxygen atoms in total. The van der Waals surface area contributed by atoms with Crippen LogP contribution in [0, 0.1) is 0 Å². The van der Waals surface area contributed by atoms with E-state index in [0.29, 0.717) is 17.7 Å². The molecule has 1 rings (SSSR count).